The highest BCUT2D eigenvalue weighted by molar-refractivity contribution is 7.91. The Morgan fingerprint density at radius 2 is 2.04 bits per heavy atom. The van der Waals surface area contributed by atoms with Crippen LogP contribution < -0.4 is 9.62 Å². The van der Waals surface area contributed by atoms with Gasteiger partial charge < -0.3 is 4.90 Å². The van der Waals surface area contributed by atoms with Crippen molar-refractivity contribution in [2.24, 2.45) is 0 Å². The molecule has 2 heterocycles. The molecule has 0 fully saturated rings. The second kappa shape index (κ2) is 6.66. The van der Waals surface area contributed by atoms with Gasteiger partial charge in [0.05, 0.1) is 6.54 Å². The van der Waals surface area contributed by atoms with Gasteiger partial charge in [-0.1, -0.05) is 25.1 Å². The largest absolute Gasteiger partial charge is 0.308 e. The molecule has 0 spiro atoms. The first kappa shape index (κ1) is 17.1. The maximum atomic E-state index is 12.6. The zero-order valence-corrected chi connectivity index (χ0v) is 15.3. The van der Waals surface area contributed by atoms with Crippen LogP contribution in [-0.2, 0) is 27.7 Å². The molecule has 0 bridgehead atoms. The molecule has 1 aromatic heterocycles. The van der Waals surface area contributed by atoms with E-state index in [1.165, 1.54) is 11.3 Å². The number of fused-ring (bicyclic) bond motifs is 1. The molecule has 1 aromatic carbocycles. The van der Waals surface area contributed by atoms with E-state index in [1.807, 2.05) is 38.1 Å². The lowest BCUT2D eigenvalue weighted by atomic mass is 10.1. The highest BCUT2D eigenvalue weighted by Crippen LogP contribution is 2.31. The quantitative estimate of drug-likeness (QED) is 0.887. The number of aryl methyl sites for hydroxylation is 1. The van der Waals surface area contributed by atoms with Gasteiger partial charge in [-0.15, -0.1) is 11.3 Å². The number of hydrogen-bond acceptors (Lipinski definition) is 4. The second-order valence-electron chi connectivity index (χ2n) is 5.84. The van der Waals surface area contributed by atoms with E-state index >= 15 is 0 Å². The SMILES string of the molecule is CCc1ccc(S(=O)(=O)NCC(=O)N2c3ccccc3CC2C)s1. The molecule has 3 rings (SSSR count). The number of amides is 1. The maximum absolute atomic E-state index is 12.6. The number of sulfonamides is 1. The van der Waals surface area contributed by atoms with Crippen LogP contribution in [-0.4, -0.2) is 26.9 Å². The molecule has 0 aliphatic carbocycles. The number of para-hydroxylation sites is 1. The Morgan fingerprint density at radius 3 is 2.75 bits per heavy atom. The van der Waals surface area contributed by atoms with Crippen molar-refractivity contribution in [3.8, 4) is 0 Å². The lowest BCUT2D eigenvalue weighted by molar-refractivity contribution is -0.117. The van der Waals surface area contributed by atoms with E-state index in [9.17, 15) is 13.2 Å². The predicted octanol–water partition coefficient (Wildman–Crippen LogP) is 2.57. The molecule has 1 aliphatic heterocycles. The summed E-state index contributed by atoms with van der Waals surface area (Å²) in [5, 5.41) is 0. The first-order valence-corrected chi connectivity index (χ1v) is 10.2. The van der Waals surface area contributed by atoms with Crippen molar-refractivity contribution in [3.63, 3.8) is 0 Å². The summed E-state index contributed by atoms with van der Waals surface area (Å²) in [4.78, 5) is 15.2. The normalized spacial score (nSPS) is 17.1. The molecular formula is C17H20N2O3S2. The van der Waals surface area contributed by atoms with Crippen molar-refractivity contribution in [2.45, 2.75) is 36.9 Å². The summed E-state index contributed by atoms with van der Waals surface area (Å²) in [5.74, 6) is -0.233. The number of thiophene rings is 1. The first-order chi connectivity index (χ1) is 11.4. The van der Waals surface area contributed by atoms with E-state index in [4.69, 9.17) is 0 Å². The minimum atomic E-state index is -3.65. The molecule has 1 atom stereocenters. The summed E-state index contributed by atoms with van der Waals surface area (Å²) in [6, 6.07) is 11.2. The fourth-order valence-corrected chi connectivity index (χ4v) is 5.27. The molecule has 128 valence electrons. The fraction of sp³-hybridized carbons (Fsp3) is 0.353. The Bertz CT molecular complexity index is 858. The molecule has 2 aromatic rings. The van der Waals surface area contributed by atoms with Gasteiger partial charge in [0.2, 0.25) is 5.91 Å². The topological polar surface area (TPSA) is 66.5 Å². The van der Waals surface area contributed by atoms with E-state index in [2.05, 4.69) is 4.72 Å². The van der Waals surface area contributed by atoms with Gasteiger partial charge in [0, 0.05) is 16.6 Å². The monoisotopic (exact) mass is 364 g/mol. The van der Waals surface area contributed by atoms with Crippen molar-refractivity contribution >= 4 is 33.0 Å². The van der Waals surface area contributed by atoms with Gasteiger partial charge >= 0.3 is 0 Å². The van der Waals surface area contributed by atoms with E-state index in [0.717, 1.165) is 29.0 Å². The van der Waals surface area contributed by atoms with Crippen molar-refractivity contribution < 1.29 is 13.2 Å². The number of carbonyl (C=O) groups excluding carboxylic acids is 1. The molecule has 5 nitrogen and oxygen atoms in total. The highest BCUT2D eigenvalue weighted by Gasteiger charge is 2.31. The van der Waals surface area contributed by atoms with Crippen LogP contribution in [0.1, 0.15) is 24.3 Å². The van der Waals surface area contributed by atoms with Crippen LogP contribution in [0.25, 0.3) is 0 Å². The molecule has 0 saturated carbocycles. The third-order valence-corrected chi connectivity index (χ3v) is 7.26. The average molecular weight is 364 g/mol. The molecule has 24 heavy (non-hydrogen) atoms. The summed E-state index contributed by atoms with van der Waals surface area (Å²) in [6.45, 7) is 3.71. The van der Waals surface area contributed by atoms with Gasteiger partial charge in [0.1, 0.15) is 4.21 Å². The average Bonchev–Trinajstić information content (AvgIpc) is 3.16. The summed E-state index contributed by atoms with van der Waals surface area (Å²) in [7, 11) is -3.65. The van der Waals surface area contributed by atoms with E-state index in [-0.39, 0.29) is 22.7 Å². The number of hydrogen-bond donors (Lipinski definition) is 1. The number of carbonyl (C=O) groups is 1. The Kier molecular flexibility index (Phi) is 4.76. The summed E-state index contributed by atoms with van der Waals surface area (Å²) >= 11 is 1.24. The Morgan fingerprint density at radius 1 is 1.29 bits per heavy atom. The van der Waals surface area contributed by atoms with Crippen LogP contribution in [0.5, 0.6) is 0 Å². The van der Waals surface area contributed by atoms with Gasteiger partial charge in [-0.3, -0.25) is 4.79 Å². The molecule has 7 heteroatoms. The number of anilines is 1. The zero-order chi connectivity index (χ0) is 17.3. The van der Waals surface area contributed by atoms with Crippen molar-refractivity contribution in [1.82, 2.24) is 4.72 Å². The predicted molar refractivity (Wildman–Crippen MR) is 96.0 cm³/mol. The van der Waals surface area contributed by atoms with Gasteiger partial charge in [0.15, 0.2) is 0 Å². The van der Waals surface area contributed by atoms with Gasteiger partial charge in [-0.25, -0.2) is 13.1 Å². The molecule has 1 unspecified atom stereocenters. The van der Waals surface area contributed by atoms with E-state index in [0.29, 0.717) is 0 Å². The molecule has 1 aliphatic rings. The minimum absolute atomic E-state index is 0.0350. The Labute approximate surface area is 146 Å². The van der Waals surface area contributed by atoms with Crippen LogP contribution >= 0.6 is 11.3 Å². The molecule has 1 N–H and O–H groups in total. The second-order valence-corrected chi connectivity index (χ2v) is 9.01. The van der Waals surface area contributed by atoms with Crippen LogP contribution in [0.15, 0.2) is 40.6 Å². The maximum Gasteiger partial charge on any atom is 0.250 e. The zero-order valence-electron chi connectivity index (χ0n) is 13.7. The minimum Gasteiger partial charge on any atom is -0.308 e. The smallest absolute Gasteiger partial charge is 0.250 e. The molecule has 0 radical (unpaired) electrons. The number of nitrogens with one attached hydrogen (secondary N) is 1. The van der Waals surface area contributed by atoms with Crippen LogP contribution in [0, 0.1) is 0 Å². The van der Waals surface area contributed by atoms with Gasteiger partial charge in [-0.05, 0) is 43.5 Å². The summed E-state index contributed by atoms with van der Waals surface area (Å²) in [5.41, 5.74) is 1.99. The van der Waals surface area contributed by atoms with Crippen molar-refractivity contribution in [2.75, 3.05) is 11.4 Å². The molecule has 0 saturated heterocycles. The number of rotatable bonds is 5. The van der Waals surface area contributed by atoms with Crippen LogP contribution in [0.2, 0.25) is 0 Å². The van der Waals surface area contributed by atoms with E-state index in [1.54, 1.807) is 17.0 Å². The Balaban J connectivity index is 1.71. The molecule has 1 amide bonds. The lowest BCUT2D eigenvalue weighted by Crippen LogP contribution is -2.42. The Hall–Kier alpha value is -1.70. The van der Waals surface area contributed by atoms with Crippen LogP contribution in [0.4, 0.5) is 5.69 Å². The highest BCUT2D eigenvalue weighted by atomic mass is 32.2. The van der Waals surface area contributed by atoms with Crippen molar-refractivity contribution in [1.29, 1.82) is 0 Å². The number of benzene rings is 1. The van der Waals surface area contributed by atoms with Crippen LogP contribution in [0.3, 0.4) is 0 Å². The third-order valence-electron chi connectivity index (χ3n) is 4.14. The fourth-order valence-electron chi connectivity index (χ4n) is 2.95. The first-order valence-electron chi connectivity index (χ1n) is 7.90. The molecular weight excluding hydrogens is 344 g/mol. The standard InChI is InChI=1S/C17H20N2O3S2/c1-3-14-8-9-17(23-14)24(21,22)18-11-16(20)19-12(2)10-13-6-4-5-7-15(13)19/h4-9,12,18H,3,10-11H2,1-2H3. The number of nitrogens with zero attached hydrogens (tertiary/aromatic N) is 1. The van der Waals surface area contributed by atoms with Crippen molar-refractivity contribution in [3.05, 3.63) is 46.8 Å². The van der Waals surface area contributed by atoms with Gasteiger partial charge in [0.25, 0.3) is 10.0 Å². The third kappa shape index (κ3) is 3.24. The summed E-state index contributed by atoms with van der Waals surface area (Å²) in [6.07, 6.45) is 1.58. The summed E-state index contributed by atoms with van der Waals surface area (Å²) < 4.78 is 27.4. The van der Waals surface area contributed by atoms with Gasteiger partial charge in [-0.2, -0.15) is 0 Å². The van der Waals surface area contributed by atoms with E-state index < -0.39 is 10.0 Å². The lowest BCUT2D eigenvalue weighted by Gasteiger charge is -2.22.